The summed E-state index contributed by atoms with van der Waals surface area (Å²) in [6.07, 6.45) is 10.9. The lowest BCUT2D eigenvalue weighted by Crippen LogP contribution is -2.55. The molecule has 25 heavy (non-hydrogen) atoms. The van der Waals surface area contributed by atoms with E-state index in [9.17, 15) is 5.11 Å². The Morgan fingerprint density at radius 1 is 1.04 bits per heavy atom. The largest absolute Gasteiger partial charge is 0.390 e. The molecule has 0 radical (unpaired) electrons. The number of fused-ring (bicyclic) bond motifs is 5. The predicted octanol–water partition coefficient (Wildman–Crippen LogP) is 5.97. The van der Waals surface area contributed by atoms with Crippen molar-refractivity contribution in [2.75, 3.05) is 0 Å². The highest BCUT2D eigenvalue weighted by atomic mass is 16.3. The first-order valence-electron chi connectivity index (χ1n) is 10.5. The number of rotatable bonds is 0. The standard InChI is InChI=1S/C23H35NO/c1-15(24-5)18-8-9-19-17-7-6-16-14-21(2,25)12-13-22(16,3)20(17)10-11-23(18,19)4/h16-17,19-20,25H,6-14H2,1-4H3/b18-15-/t16-,17+,19+,20+,21-,22+,23-/m1/s1. The molecule has 0 aliphatic heterocycles. The number of nitrogens with zero attached hydrogens (tertiary/aromatic N) is 1. The molecule has 0 aromatic heterocycles. The molecule has 2 nitrogen and oxygen atoms in total. The smallest absolute Gasteiger partial charge is 0.162 e. The molecular formula is C23H35NO. The molecule has 4 rings (SSSR count). The van der Waals surface area contributed by atoms with Gasteiger partial charge in [-0.3, -0.25) is 0 Å². The van der Waals surface area contributed by atoms with Gasteiger partial charge in [0.05, 0.1) is 12.2 Å². The number of allylic oxidation sites excluding steroid dienone is 2. The summed E-state index contributed by atoms with van der Waals surface area (Å²) < 4.78 is 0. The normalized spacial score (nSPS) is 54.1. The van der Waals surface area contributed by atoms with Crippen molar-refractivity contribution in [3.05, 3.63) is 22.7 Å². The molecule has 2 heteroatoms. The van der Waals surface area contributed by atoms with Crippen LogP contribution in [-0.4, -0.2) is 10.7 Å². The molecule has 138 valence electrons. The van der Waals surface area contributed by atoms with Crippen LogP contribution in [0.2, 0.25) is 0 Å². The van der Waals surface area contributed by atoms with Crippen LogP contribution < -0.4 is 0 Å². The lowest BCUT2D eigenvalue weighted by atomic mass is 9.44. The lowest BCUT2D eigenvalue weighted by Gasteiger charge is -2.61. The van der Waals surface area contributed by atoms with Crippen molar-refractivity contribution in [3.8, 4) is 0 Å². The Balaban J connectivity index is 1.64. The first-order valence-corrected chi connectivity index (χ1v) is 10.5. The first-order chi connectivity index (χ1) is 11.7. The minimum atomic E-state index is -0.434. The Morgan fingerprint density at radius 2 is 1.80 bits per heavy atom. The molecular weight excluding hydrogens is 306 g/mol. The van der Waals surface area contributed by atoms with E-state index in [-0.39, 0.29) is 0 Å². The molecule has 4 aliphatic rings. The van der Waals surface area contributed by atoms with Crippen LogP contribution in [0.15, 0.2) is 11.3 Å². The second-order valence-electron chi connectivity index (χ2n) is 10.5. The van der Waals surface area contributed by atoms with Crippen LogP contribution in [0.4, 0.5) is 0 Å². The van der Waals surface area contributed by atoms with E-state index in [0.717, 1.165) is 42.7 Å². The first kappa shape index (κ1) is 17.6. The van der Waals surface area contributed by atoms with E-state index in [2.05, 4.69) is 25.6 Å². The highest BCUT2D eigenvalue weighted by Crippen LogP contribution is 2.68. The van der Waals surface area contributed by atoms with E-state index in [0.29, 0.717) is 16.7 Å². The van der Waals surface area contributed by atoms with Gasteiger partial charge in [-0.15, -0.1) is 0 Å². The zero-order valence-electron chi connectivity index (χ0n) is 16.6. The molecule has 4 fully saturated rings. The van der Waals surface area contributed by atoms with Crippen molar-refractivity contribution in [1.29, 1.82) is 0 Å². The quantitative estimate of drug-likeness (QED) is 0.539. The molecule has 0 heterocycles. The minimum Gasteiger partial charge on any atom is -0.390 e. The zero-order valence-corrected chi connectivity index (χ0v) is 16.6. The van der Waals surface area contributed by atoms with Crippen molar-refractivity contribution < 1.29 is 5.11 Å². The van der Waals surface area contributed by atoms with Gasteiger partial charge >= 0.3 is 0 Å². The maximum atomic E-state index is 10.6. The second-order valence-corrected chi connectivity index (χ2v) is 10.5. The van der Waals surface area contributed by atoms with Crippen LogP contribution >= 0.6 is 0 Å². The second kappa shape index (κ2) is 5.59. The van der Waals surface area contributed by atoms with Gasteiger partial charge in [0.2, 0.25) is 0 Å². The fourth-order valence-electron chi connectivity index (χ4n) is 7.91. The maximum Gasteiger partial charge on any atom is 0.162 e. The summed E-state index contributed by atoms with van der Waals surface area (Å²) >= 11 is 0. The van der Waals surface area contributed by atoms with Crippen LogP contribution in [0.3, 0.4) is 0 Å². The van der Waals surface area contributed by atoms with E-state index in [1.54, 1.807) is 0 Å². The predicted molar refractivity (Wildman–Crippen MR) is 102 cm³/mol. The summed E-state index contributed by atoms with van der Waals surface area (Å²) in [5, 5.41) is 10.6. The Morgan fingerprint density at radius 3 is 2.52 bits per heavy atom. The zero-order chi connectivity index (χ0) is 18.0. The molecule has 0 aromatic carbocycles. The van der Waals surface area contributed by atoms with Gasteiger partial charge in [-0.25, -0.2) is 4.85 Å². The van der Waals surface area contributed by atoms with Crippen molar-refractivity contribution in [2.24, 2.45) is 34.5 Å². The number of hydrogen-bond acceptors (Lipinski definition) is 1. The Labute approximate surface area is 153 Å². The Kier molecular flexibility index (Phi) is 3.94. The summed E-state index contributed by atoms with van der Waals surface area (Å²) in [4.78, 5) is 3.81. The lowest BCUT2D eigenvalue weighted by molar-refractivity contribution is -0.139. The van der Waals surface area contributed by atoms with Crippen molar-refractivity contribution in [3.63, 3.8) is 0 Å². The van der Waals surface area contributed by atoms with Gasteiger partial charge < -0.3 is 5.11 Å². The van der Waals surface area contributed by atoms with Crippen molar-refractivity contribution in [1.82, 2.24) is 0 Å². The summed E-state index contributed by atoms with van der Waals surface area (Å²) in [6.45, 7) is 16.6. The summed E-state index contributed by atoms with van der Waals surface area (Å²) in [7, 11) is 0. The summed E-state index contributed by atoms with van der Waals surface area (Å²) in [5.74, 6) is 3.19. The average molecular weight is 342 g/mol. The summed E-state index contributed by atoms with van der Waals surface area (Å²) in [6, 6.07) is 0. The number of hydrogen-bond donors (Lipinski definition) is 1. The molecule has 4 saturated carbocycles. The third-order valence-electron chi connectivity index (χ3n) is 9.34. The maximum absolute atomic E-state index is 10.6. The van der Waals surface area contributed by atoms with Gasteiger partial charge in [-0.1, -0.05) is 19.4 Å². The fourth-order valence-corrected chi connectivity index (χ4v) is 7.91. The Bertz CT molecular complexity index is 641. The number of aliphatic hydroxyl groups is 1. The molecule has 0 bridgehead atoms. The van der Waals surface area contributed by atoms with Crippen LogP contribution in [-0.2, 0) is 0 Å². The van der Waals surface area contributed by atoms with Crippen LogP contribution in [0.1, 0.15) is 85.5 Å². The van der Waals surface area contributed by atoms with Gasteiger partial charge in [-0.2, -0.15) is 0 Å². The van der Waals surface area contributed by atoms with Crippen molar-refractivity contribution in [2.45, 2.75) is 91.1 Å². The van der Waals surface area contributed by atoms with Gasteiger partial charge in [0.25, 0.3) is 0 Å². The van der Waals surface area contributed by atoms with Gasteiger partial charge in [0.15, 0.2) is 5.70 Å². The van der Waals surface area contributed by atoms with Gasteiger partial charge in [0.1, 0.15) is 0 Å². The highest BCUT2D eigenvalue weighted by Gasteiger charge is 2.59. The highest BCUT2D eigenvalue weighted by molar-refractivity contribution is 5.31. The fraction of sp³-hybridized carbons (Fsp3) is 0.870. The molecule has 0 unspecified atom stereocenters. The van der Waals surface area contributed by atoms with Crippen LogP contribution in [0.25, 0.3) is 4.85 Å². The molecule has 0 aromatic rings. The van der Waals surface area contributed by atoms with E-state index in [1.807, 2.05) is 6.92 Å². The average Bonchev–Trinajstić information content (AvgIpc) is 2.92. The molecule has 4 aliphatic carbocycles. The van der Waals surface area contributed by atoms with E-state index < -0.39 is 5.60 Å². The minimum absolute atomic E-state index is 0.291. The third-order valence-corrected chi connectivity index (χ3v) is 9.34. The SMILES string of the molecule is [C-]#[N+]/C(C)=C1/CC[C@H]2[C@@H]3CC[C@@H]4C[C@](C)(O)CC[C@]4(C)[C@H]3CC[C@]12C. The van der Waals surface area contributed by atoms with Gasteiger partial charge in [0, 0.05) is 0 Å². The molecule has 7 atom stereocenters. The van der Waals surface area contributed by atoms with Crippen molar-refractivity contribution >= 4 is 0 Å². The molecule has 0 amide bonds. The summed E-state index contributed by atoms with van der Waals surface area (Å²) in [5.41, 5.74) is 2.77. The van der Waals surface area contributed by atoms with E-state index in [4.69, 9.17) is 6.57 Å². The molecule has 0 spiro atoms. The monoisotopic (exact) mass is 341 g/mol. The molecule has 1 N–H and O–H groups in total. The van der Waals surface area contributed by atoms with Gasteiger partial charge in [-0.05, 0) is 106 Å². The van der Waals surface area contributed by atoms with E-state index in [1.165, 1.54) is 44.1 Å². The molecule has 0 saturated heterocycles. The third kappa shape index (κ3) is 2.45. The van der Waals surface area contributed by atoms with E-state index >= 15 is 0 Å². The Hall–Kier alpha value is -0.810. The van der Waals surface area contributed by atoms with Crippen LogP contribution in [0, 0.1) is 41.1 Å². The topological polar surface area (TPSA) is 24.6 Å². The van der Waals surface area contributed by atoms with Crippen LogP contribution in [0.5, 0.6) is 0 Å².